The van der Waals surface area contributed by atoms with Gasteiger partial charge in [0.1, 0.15) is 11.5 Å². The minimum atomic E-state index is -0.0369. The average molecular weight is 266 g/mol. The van der Waals surface area contributed by atoms with Crippen molar-refractivity contribution in [2.45, 2.75) is 19.1 Å². The smallest absolute Gasteiger partial charge is 0.258 e. The number of benzene rings is 1. The van der Waals surface area contributed by atoms with Crippen LogP contribution in [0.3, 0.4) is 0 Å². The highest BCUT2D eigenvalue weighted by atomic mass is 32.2. The summed E-state index contributed by atoms with van der Waals surface area (Å²) in [7, 11) is 0. The number of phenolic OH excluding ortho intramolecular Hbond substituents is 2. The Balaban J connectivity index is 2.13. The van der Waals surface area contributed by atoms with E-state index in [0.29, 0.717) is 23.0 Å². The molecule has 2 rings (SSSR count). The van der Waals surface area contributed by atoms with Crippen LogP contribution in [0.25, 0.3) is 11.5 Å². The fourth-order valence-corrected chi connectivity index (χ4v) is 2.19. The van der Waals surface area contributed by atoms with Crippen LogP contribution in [0.2, 0.25) is 0 Å². The molecule has 0 fully saturated rings. The highest BCUT2D eigenvalue weighted by Gasteiger charge is 2.10. The molecule has 2 aromatic rings. The predicted molar refractivity (Wildman–Crippen MR) is 69.5 cm³/mol. The quantitative estimate of drug-likeness (QED) is 0.810. The van der Waals surface area contributed by atoms with Gasteiger partial charge in [-0.3, -0.25) is 0 Å². The standard InChI is InChI=1S/C12H14N2O3S/c1-2-3-18-7-11-13-12(17-14-11)8-4-9(15)6-10(16)5-8/h4-6,15-16H,2-3,7H2,1H3. The summed E-state index contributed by atoms with van der Waals surface area (Å²) in [6, 6.07) is 4.18. The minimum Gasteiger partial charge on any atom is -0.508 e. The van der Waals surface area contributed by atoms with Gasteiger partial charge in [-0.15, -0.1) is 0 Å². The van der Waals surface area contributed by atoms with Gasteiger partial charge in [0.05, 0.1) is 5.75 Å². The predicted octanol–water partition coefficient (Wildman–Crippen LogP) is 2.79. The van der Waals surface area contributed by atoms with Crippen LogP contribution in [0.4, 0.5) is 0 Å². The summed E-state index contributed by atoms with van der Waals surface area (Å²) in [6.45, 7) is 2.12. The van der Waals surface area contributed by atoms with E-state index in [0.717, 1.165) is 12.2 Å². The molecule has 0 saturated heterocycles. The van der Waals surface area contributed by atoms with Gasteiger partial charge < -0.3 is 14.7 Å². The number of aromatic nitrogens is 2. The molecule has 0 aliphatic carbocycles. The summed E-state index contributed by atoms with van der Waals surface area (Å²) in [6.07, 6.45) is 1.11. The van der Waals surface area contributed by atoms with Crippen LogP contribution in [0.15, 0.2) is 22.7 Å². The molecule has 96 valence electrons. The maximum Gasteiger partial charge on any atom is 0.258 e. The summed E-state index contributed by atoms with van der Waals surface area (Å²) >= 11 is 1.74. The van der Waals surface area contributed by atoms with E-state index >= 15 is 0 Å². The molecule has 0 bridgehead atoms. The van der Waals surface area contributed by atoms with Crippen molar-refractivity contribution < 1.29 is 14.7 Å². The first-order valence-electron chi connectivity index (χ1n) is 5.62. The Morgan fingerprint density at radius 2 is 1.94 bits per heavy atom. The second kappa shape index (κ2) is 5.77. The summed E-state index contributed by atoms with van der Waals surface area (Å²) < 4.78 is 5.09. The van der Waals surface area contributed by atoms with E-state index in [-0.39, 0.29) is 11.5 Å². The normalized spacial score (nSPS) is 10.7. The Hall–Kier alpha value is -1.69. The number of phenols is 2. The molecule has 0 aliphatic rings. The first-order valence-corrected chi connectivity index (χ1v) is 6.78. The maximum atomic E-state index is 9.38. The molecule has 1 aromatic carbocycles. The SMILES string of the molecule is CCCSCc1noc(-c2cc(O)cc(O)c2)n1. The third-order valence-corrected chi connectivity index (χ3v) is 3.36. The Morgan fingerprint density at radius 3 is 2.61 bits per heavy atom. The van der Waals surface area contributed by atoms with Crippen LogP contribution in [-0.4, -0.2) is 26.1 Å². The van der Waals surface area contributed by atoms with Crippen molar-refractivity contribution in [3.63, 3.8) is 0 Å². The molecule has 2 N–H and O–H groups in total. The molecule has 5 nitrogen and oxygen atoms in total. The van der Waals surface area contributed by atoms with Crippen molar-refractivity contribution in [2.24, 2.45) is 0 Å². The van der Waals surface area contributed by atoms with Gasteiger partial charge in [0.15, 0.2) is 5.82 Å². The van der Waals surface area contributed by atoms with Gasteiger partial charge in [0, 0.05) is 11.6 Å². The summed E-state index contributed by atoms with van der Waals surface area (Å²) in [5, 5.41) is 22.6. The van der Waals surface area contributed by atoms with E-state index in [2.05, 4.69) is 17.1 Å². The molecular weight excluding hydrogens is 252 g/mol. The third kappa shape index (κ3) is 3.16. The lowest BCUT2D eigenvalue weighted by Crippen LogP contribution is -1.85. The van der Waals surface area contributed by atoms with Gasteiger partial charge in [0.25, 0.3) is 5.89 Å². The lowest BCUT2D eigenvalue weighted by molar-refractivity contribution is 0.422. The van der Waals surface area contributed by atoms with Crippen molar-refractivity contribution >= 4 is 11.8 Å². The summed E-state index contributed by atoms with van der Waals surface area (Å²) in [4.78, 5) is 4.21. The van der Waals surface area contributed by atoms with Crippen LogP contribution in [0.5, 0.6) is 11.5 Å². The molecule has 1 aromatic heterocycles. The van der Waals surface area contributed by atoms with E-state index in [1.165, 1.54) is 18.2 Å². The molecule has 1 heterocycles. The molecule has 0 aliphatic heterocycles. The molecule has 18 heavy (non-hydrogen) atoms. The Kier molecular flexibility index (Phi) is 4.09. The van der Waals surface area contributed by atoms with Crippen LogP contribution in [0.1, 0.15) is 19.2 Å². The van der Waals surface area contributed by atoms with Gasteiger partial charge in [-0.2, -0.15) is 16.7 Å². The van der Waals surface area contributed by atoms with Crippen molar-refractivity contribution in [3.05, 3.63) is 24.0 Å². The highest BCUT2D eigenvalue weighted by Crippen LogP contribution is 2.27. The van der Waals surface area contributed by atoms with Crippen LogP contribution < -0.4 is 0 Å². The number of rotatable bonds is 5. The van der Waals surface area contributed by atoms with Gasteiger partial charge >= 0.3 is 0 Å². The molecule has 0 radical (unpaired) electrons. The Labute approximate surface area is 109 Å². The molecule has 0 unspecified atom stereocenters. The molecule has 0 spiro atoms. The van der Waals surface area contributed by atoms with E-state index < -0.39 is 0 Å². The first kappa shape index (κ1) is 12.8. The summed E-state index contributed by atoms with van der Waals surface area (Å²) in [5.41, 5.74) is 0.506. The van der Waals surface area contributed by atoms with Crippen LogP contribution in [-0.2, 0) is 5.75 Å². The fraction of sp³-hybridized carbons (Fsp3) is 0.333. The first-order chi connectivity index (χ1) is 8.69. The van der Waals surface area contributed by atoms with Crippen molar-refractivity contribution in [1.29, 1.82) is 0 Å². The van der Waals surface area contributed by atoms with Gasteiger partial charge in [0.2, 0.25) is 0 Å². The largest absolute Gasteiger partial charge is 0.508 e. The van der Waals surface area contributed by atoms with E-state index in [9.17, 15) is 10.2 Å². The van der Waals surface area contributed by atoms with E-state index in [4.69, 9.17) is 4.52 Å². The van der Waals surface area contributed by atoms with Gasteiger partial charge in [-0.05, 0) is 24.3 Å². The van der Waals surface area contributed by atoms with Gasteiger partial charge in [-0.25, -0.2) is 0 Å². The monoisotopic (exact) mass is 266 g/mol. The zero-order chi connectivity index (χ0) is 13.0. The number of thioether (sulfide) groups is 1. The van der Waals surface area contributed by atoms with Gasteiger partial charge in [-0.1, -0.05) is 12.1 Å². The molecule has 0 saturated carbocycles. The Morgan fingerprint density at radius 1 is 1.22 bits per heavy atom. The number of hydrogen-bond donors (Lipinski definition) is 2. The second-order valence-electron chi connectivity index (χ2n) is 3.81. The fourth-order valence-electron chi connectivity index (χ4n) is 1.46. The molecule has 0 amide bonds. The maximum absolute atomic E-state index is 9.38. The number of hydrogen-bond acceptors (Lipinski definition) is 6. The molecule has 0 atom stereocenters. The lowest BCUT2D eigenvalue weighted by atomic mass is 10.2. The van der Waals surface area contributed by atoms with Crippen molar-refractivity contribution in [2.75, 3.05) is 5.75 Å². The van der Waals surface area contributed by atoms with E-state index in [1.54, 1.807) is 11.8 Å². The third-order valence-electron chi connectivity index (χ3n) is 2.20. The number of aromatic hydroxyl groups is 2. The zero-order valence-electron chi connectivity index (χ0n) is 9.96. The van der Waals surface area contributed by atoms with Crippen molar-refractivity contribution in [1.82, 2.24) is 10.1 Å². The topological polar surface area (TPSA) is 79.4 Å². The lowest BCUT2D eigenvalue weighted by Gasteiger charge is -1.97. The highest BCUT2D eigenvalue weighted by molar-refractivity contribution is 7.98. The zero-order valence-corrected chi connectivity index (χ0v) is 10.8. The average Bonchev–Trinajstić information content (AvgIpc) is 2.77. The summed E-state index contributed by atoms with van der Waals surface area (Å²) in [5.74, 6) is 2.59. The minimum absolute atomic E-state index is 0.0369. The van der Waals surface area contributed by atoms with Crippen LogP contribution >= 0.6 is 11.8 Å². The molecular formula is C12H14N2O3S. The second-order valence-corrected chi connectivity index (χ2v) is 4.91. The Bertz CT molecular complexity index is 508. The van der Waals surface area contributed by atoms with E-state index in [1.807, 2.05) is 0 Å². The number of nitrogens with zero attached hydrogens (tertiary/aromatic N) is 2. The molecule has 6 heteroatoms. The van der Waals surface area contributed by atoms with Crippen LogP contribution in [0, 0.1) is 0 Å². The van der Waals surface area contributed by atoms with Crippen molar-refractivity contribution in [3.8, 4) is 23.0 Å².